The van der Waals surface area contributed by atoms with Crippen molar-refractivity contribution in [1.29, 1.82) is 0 Å². The molecule has 3 aromatic rings. The molecular formula is C14H14N4O2. The molecule has 0 aliphatic carbocycles. The van der Waals surface area contributed by atoms with Crippen LogP contribution in [0, 0.1) is 0 Å². The molecule has 20 heavy (non-hydrogen) atoms. The molecule has 3 N–H and O–H groups in total. The number of hydrogen-bond donors (Lipinski definition) is 2. The van der Waals surface area contributed by atoms with Gasteiger partial charge in [-0.25, -0.2) is 4.63 Å². The quantitative estimate of drug-likeness (QED) is 0.709. The molecule has 0 radical (unpaired) electrons. The Labute approximate surface area is 115 Å². The number of methoxy groups -OCH3 is 1. The van der Waals surface area contributed by atoms with Gasteiger partial charge >= 0.3 is 0 Å². The molecule has 3 rings (SSSR count). The van der Waals surface area contributed by atoms with Gasteiger partial charge in [-0.15, -0.1) is 0 Å². The number of benzene rings is 2. The number of fused-ring (bicyclic) bond motifs is 1. The summed E-state index contributed by atoms with van der Waals surface area (Å²) >= 11 is 0. The molecule has 0 fully saturated rings. The molecule has 0 saturated heterocycles. The van der Waals surface area contributed by atoms with Crippen LogP contribution in [0.2, 0.25) is 0 Å². The number of para-hydroxylation sites is 1. The number of anilines is 3. The first-order chi connectivity index (χ1) is 9.79. The van der Waals surface area contributed by atoms with Gasteiger partial charge in [-0.2, -0.15) is 0 Å². The number of rotatable bonds is 4. The van der Waals surface area contributed by atoms with E-state index in [9.17, 15) is 0 Å². The summed E-state index contributed by atoms with van der Waals surface area (Å²) in [6, 6.07) is 11.5. The van der Waals surface area contributed by atoms with Crippen LogP contribution in [0.4, 0.5) is 17.1 Å². The summed E-state index contributed by atoms with van der Waals surface area (Å²) in [5, 5.41) is 11.0. The van der Waals surface area contributed by atoms with E-state index in [0.29, 0.717) is 23.3 Å². The highest BCUT2D eigenvalue weighted by Crippen LogP contribution is 2.29. The number of aromatic nitrogens is 2. The van der Waals surface area contributed by atoms with Gasteiger partial charge in [0.2, 0.25) is 0 Å². The molecule has 0 aliphatic rings. The van der Waals surface area contributed by atoms with Crippen molar-refractivity contribution in [2.75, 3.05) is 18.2 Å². The second kappa shape index (κ2) is 5.18. The van der Waals surface area contributed by atoms with Crippen molar-refractivity contribution in [2.24, 2.45) is 0 Å². The van der Waals surface area contributed by atoms with Crippen molar-refractivity contribution in [2.45, 2.75) is 6.61 Å². The van der Waals surface area contributed by atoms with Crippen molar-refractivity contribution < 1.29 is 9.37 Å². The van der Waals surface area contributed by atoms with Gasteiger partial charge in [-0.1, -0.05) is 18.2 Å². The van der Waals surface area contributed by atoms with Crippen LogP contribution in [0.3, 0.4) is 0 Å². The monoisotopic (exact) mass is 270 g/mol. The fourth-order valence-electron chi connectivity index (χ4n) is 2.06. The fraction of sp³-hybridized carbons (Fsp3) is 0.143. The lowest BCUT2D eigenvalue weighted by molar-refractivity contribution is 0.185. The van der Waals surface area contributed by atoms with Gasteiger partial charge in [-0.05, 0) is 28.5 Å². The molecule has 1 aromatic heterocycles. The maximum atomic E-state index is 5.83. The van der Waals surface area contributed by atoms with Gasteiger partial charge in [0, 0.05) is 18.4 Å². The number of nitrogens with two attached hydrogens (primary N) is 1. The summed E-state index contributed by atoms with van der Waals surface area (Å²) in [4.78, 5) is 0. The molecule has 0 bridgehead atoms. The largest absolute Gasteiger partial charge is 0.397 e. The third kappa shape index (κ3) is 2.17. The average Bonchev–Trinajstić information content (AvgIpc) is 2.95. The van der Waals surface area contributed by atoms with E-state index in [0.717, 1.165) is 16.9 Å². The lowest BCUT2D eigenvalue weighted by Gasteiger charge is -2.11. The van der Waals surface area contributed by atoms with Gasteiger partial charge in [0.1, 0.15) is 0 Å². The number of nitrogens with one attached hydrogen (secondary N) is 1. The Hall–Kier alpha value is -2.60. The van der Waals surface area contributed by atoms with Gasteiger partial charge < -0.3 is 15.8 Å². The standard InChI is InChI=1S/C14H14N4O2/c1-19-8-9-4-2-3-5-11(9)16-12-7-6-10(15)13-14(12)18-20-17-13/h2-7,16H,8,15H2,1H3. The molecular weight excluding hydrogens is 256 g/mol. The van der Waals surface area contributed by atoms with Gasteiger partial charge in [0.15, 0.2) is 11.0 Å². The van der Waals surface area contributed by atoms with Crippen LogP contribution in [-0.4, -0.2) is 17.4 Å². The van der Waals surface area contributed by atoms with Crippen molar-refractivity contribution in [3.63, 3.8) is 0 Å². The number of nitrogen functional groups attached to an aromatic ring is 1. The number of nitrogens with zero attached hydrogens (tertiary/aromatic N) is 2. The minimum absolute atomic E-state index is 0.526. The zero-order chi connectivity index (χ0) is 13.9. The lowest BCUT2D eigenvalue weighted by Crippen LogP contribution is -1.98. The first-order valence-corrected chi connectivity index (χ1v) is 6.14. The van der Waals surface area contributed by atoms with E-state index >= 15 is 0 Å². The molecule has 6 nitrogen and oxygen atoms in total. The Balaban J connectivity index is 2.01. The normalized spacial score (nSPS) is 10.8. The van der Waals surface area contributed by atoms with E-state index in [1.165, 1.54) is 0 Å². The van der Waals surface area contributed by atoms with E-state index in [1.807, 2.05) is 30.3 Å². The molecule has 0 aliphatic heterocycles. The SMILES string of the molecule is COCc1ccccc1Nc1ccc(N)c2nonc12. The van der Waals surface area contributed by atoms with E-state index in [2.05, 4.69) is 15.6 Å². The second-order valence-corrected chi connectivity index (χ2v) is 4.38. The minimum atomic E-state index is 0.526. The van der Waals surface area contributed by atoms with Crippen LogP contribution >= 0.6 is 0 Å². The Morgan fingerprint density at radius 1 is 1.10 bits per heavy atom. The van der Waals surface area contributed by atoms with Crippen LogP contribution in [0.25, 0.3) is 11.0 Å². The third-order valence-corrected chi connectivity index (χ3v) is 3.03. The van der Waals surface area contributed by atoms with Gasteiger partial charge in [-0.3, -0.25) is 0 Å². The molecule has 2 aromatic carbocycles. The van der Waals surface area contributed by atoms with Crippen molar-refractivity contribution in [3.05, 3.63) is 42.0 Å². The van der Waals surface area contributed by atoms with Crippen molar-refractivity contribution in [1.82, 2.24) is 10.3 Å². The topological polar surface area (TPSA) is 86.2 Å². The molecule has 0 spiro atoms. The second-order valence-electron chi connectivity index (χ2n) is 4.38. The van der Waals surface area contributed by atoms with Gasteiger partial charge in [0.05, 0.1) is 18.0 Å². The average molecular weight is 270 g/mol. The van der Waals surface area contributed by atoms with Crippen molar-refractivity contribution in [3.8, 4) is 0 Å². The maximum Gasteiger partial charge on any atom is 0.160 e. The maximum absolute atomic E-state index is 5.83. The predicted molar refractivity (Wildman–Crippen MR) is 76.7 cm³/mol. The van der Waals surface area contributed by atoms with Crippen LogP contribution in [0.5, 0.6) is 0 Å². The molecule has 0 unspecified atom stereocenters. The summed E-state index contributed by atoms with van der Waals surface area (Å²) < 4.78 is 9.95. The molecule has 6 heteroatoms. The molecule has 0 amide bonds. The summed E-state index contributed by atoms with van der Waals surface area (Å²) in [6.45, 7) is 0.526. The van der Waals surface area contributed by atoms with Crippen LogP contribution in [0.1, 0.15) is 5.56 Å². The molecule has 1 heterocycles. The zero-order valence-corrected chi connectivity index (χ0v) is 11.0. The highest BCUT2D eigenvalue weighted by atomic mass is 16.6. The summed E-state index contributed by atoms with van der Waals surface area (Å²) in [5.74, 6) is 0. The number of hydrogen-bond acceptors (Lipinski definition) is 6. The Bertz CT molecular complexity index is 739. The Morgan fingerprint density at radius 3 is 2.75 bits per heavy atom. The van der Waals surface area contributed by atoms with Crippen molar-refractivity contribution >= 4 is 28.1 Å². The highest BCUT2D eigenvalue weighted by Gasteiger charge is 2.11. The van der Waals surface area contributed by atoms with E-state index in [-0.39, 0.29) is 0 Å². The van der Waals surface area contributed by atoms with Crippen LogP contribution in [0.15, 0.2) is 41.0 Å². The van der Waals surface area contributed by atoms with E-state index < -0.39 is 0 Å². The van der Waals surface area contributed by atoms with Crippen LogP contribution < -0.4 is 11.1 Å². The molecule has 0 saturated carbocycles. The fourth-order valence-corrected chi connectivity index (χ4v) is 2.06. The molecule has 102 valence electrons. The summed E-state index contributed by atoms with van der Waals surface area (Å²) in [6.07, 6.45) is 0. The smallest absolute Gasteiger partial charge is 0.160 e. The van der Waals surface area contributed by atoms with Crippen LogP contribution in [-0.2, 0) is 11.3 Å². The van der Waals surface area contributed by atoms with E-state index in [4.69, 9.17) is 15.1 Å². The first kappa shape index (κ1) is 12.4. The Kier molecular flexibility index (Phi) is 3.22. The lowest BCUT2D eigenvalue weighted by atomic mass is 10.1. The Morgan fingerprint density at radius 2 is 1.90 bits per heavy atom. The van der Waals surface area contributed by atoms with E-state index in [1.54, 1.807) is 13.2 Å². The third-order valence-electron chi connectivity index (χ3n) is 3.03. The highest BCUT2D eigenvalue weighted by molar-refractivity contribution is 5.96. The van der Waals surface area contributed by atoms with Gasteiger partial charge in [0.25, 0.3) is 0 Å². The minimum Gasteiger partial charge on any atom is -0.397 e. The molecule has 0 atom stereocenters. The predicted octanol–water partition coefficient (Wildman–Crippen LogP) is 2.70. The summed E-state index contributed by atoms with van der Waals surface area (Å²) in [7, 11) is 1.67. The number of ether oxygens (including phenoxy) is 1. The summed E-state index contributed by atoms with van der Waals surface area (Å²) in [5.41, 5.74) is 10.3. The first-order valence-electron chi connectivity index (χ1n) is 6.14. The zero-order valence-electron chi connectivity index (χ0n) is 11.0.